The average Bonchev–Trinajstić information content (AvgIpc) is 2.81. The van der Waals surface area contributed by atoms with Gasteiger partial charge in [0.05, 0.1) is 0 Å². The van der Waals surface area contributed by atoms with Gasteiger partial charge in [-0.05, 0) is 79.1 Å². The van der Waals surface area contributed by atoms with Crippen molar-refractivity contribution in [3.8, 4) is 0 Å². The smallest absolute Gasteiger partial charge is 0.155 e. The van der Waals surface area contributed by atoms with Gasteiger partial charge >= 0.3 is 0 Å². The number of fused-ring (bicyclic) bond motifs is 5. The highest BCUT2D eigenvalue weighted by Gasteiger charge is 2.56. The quantitative estimate of drug-likeness (QED) is 0.621. The molecule has 0 aliphatic heterocycles. The van der Waals surface area contributed by atoms with E-state index in [0.29, 0.717) is 22.5 Å². The maximum atomic E-state index is 11.8. The third kappa shape index (κ3) is 1.64. The van der Waals surface area contributed by atoms with Crippen LogP contribution in [0.15, 0.2) is 12.2 Å². The van der Waals surface area contributed by atoms with Gasteiger partial charge in [-0.25, -0.2) is 0 Å². The van der Waals surface area contributed by atoms with E-state index in [2.05, 4.69) is 19.9 Å². The summed E-state index contributed by atoms with van der Waals surface area (Å²) < 4.78 is 0. The molecule has 0 bridgehead atoms. The van der Waals surface area contributed by atoms with Crippen molar-refractivity contribution in [2.24, 2.45) is 34.5 Å². The van der Waals surface area contributed by atoms with Crippen LogP contribution >= 0.6 is 0 Å². The minimum Gasteiger partial charge on any atom is -0.295 e. The number of hydrogen-bond donors (Lipinski definition) is 0. The molecule has 0 N–H and O–H groups in total. The van der Waals surface area contributed by atoms with Gasteiger partial charge in [0, 0.05) is 6.42 Å². The Kier molecular flexibility index (Phi) is 2.76. The maximum absolute atomic E-state index is 11.8. The second-order valence-corrected chi connectivity index (χ2v) is 8.61. The Balaban J connectivity index is 1.68. The van der Waals surface area contributed by atoms with Crippen molar-refractivity contribution >= 4 is 5.78 Å². The van der Waals surface area contributed by atoms with Crippen molar-refractivity contribution in [3.63, 3.8) is 0 Å². The van der Waals surface area contributed by atoms with Crippen molar-refractivity contribution in [1.82, 2.24) is 0 Å². The molecule has 4 aliphatic rings. The van der Waals surface area contributed by atoms with Crippen molar-refractivity contribution in [2.75, 3.05) is 0 Å². The molecule has 4 aliphatic carbocycles. The predicted octanol–water partition coefficient (Wildman–Crippen LogP) is 4.76. The first-order valence-corrected chi connectivity index (χ1v) is 8.75. The van der Waals surface area contributed by atoms with E-state index in [1.807, 2.05) is 6.08 Å². The molecular formula is C19H28O. The summed E-state index contributed by atoms with van der Waals surface area (Å²) in [5.74, 6) is 3.77. The van der Waals surface area contributed by atoms with Gasteiger partial charge in [0.25, 0.3) is 0 Å². The molecule has 3 saturated carbocycles. The number of allylic oxidation sites excluding steroid dienone is 2. The fourth-order valence-corrected chi connectivity index (χ4v) is 6.63. The highest BCUT2D eigenvalue weighted by Crippen LogP contribution is 2.64. The zero-order valence-electron chi connectivity index (χ0n) is 13.0. The minimum absolute atomic E-state index is 0.320. The molecule has 4 rings (SSSR count). The van der Waals surface area contributed by atoms with Gasteiger partial charge in [0.1, 0.15) is 0 Å². The zero-order valence-corrected chi connectivity index (χ0v) is 13.0. The fourth-order valence-electron chi connectivity index (χ4n) is 6.63. The third-order valence-corrected chi connectivity index (χ3v) is 7.82. The molecule has 0 amide bonds. The molecule has 0 heterocycles. The molecule has 3 fully saturated rings. The fraction of sp³-hybridized carbons (Fsp3) is 0.842. The van der Waals surface area contributed by atoms with E-state index >= 15 is 0 Å². The second kappa shape index (κ2) is 4.21. The van der Waals surface area contributed by atoms with E-state index in [9.17, 15) is 4.79 Å². The second-order valence-electron chi connectivity index (χ2n) is 8.61. The summed E-state index contributed by atoms with van der Waals surface area (Å²) in [6, 6.07) is 0. The average molecular weight is 272 g/mol. The highest BCUT2D eigenvalue weighted by molar-refractivity contribution is 5.91. The Bertz CT molecular complexity index is 464. The molecule has 1 nitrogen and oxygen atoms in total. The summed E-state index contributed by atoms with van der Waals surface area (Å²) in [4.78, 5) is 11.8. The SMILES string of the molecule is C[C@]12CCC[C@@H]1[C@@H]1CC[C@H]3CC(=O)C=C[C@]3(C)[C@H]1CC2. The number of carbonyl (C=O) groups is 1. The lowest BCUT2D eigenvalue weighted by molar-refractivity contribution is -0.121. The largest absolute Gasteiger partial charge is 0.295 e. The first-order chi connectivity index (χ1) is 9.53. The number of rotatable bonds is 0. The van der Waals surface area contributed by atoms with E-state index in [4.69, 9.17) is 0 Å². The van der Waals surface area contributed by atoms with Gasteiger partial charge in [-0.2, -0.15) is 0 Å². The van der Waals surface area contributed by atoms with Crippen LogP contribution in [-0.2, 0) is 4.79 Å². The first kappa shape index (κ1) is 13.1. The van der Waals surface area contributed by atoms with Crippen molar-refractivity contribution < 1.29 is 4.79 Å². The molecule has 110 valence electrons. The minimum atomic E-state index is 0.320. The summed E-state index contributed by atoms with van der Waals surface area (Å²) in [6.07, 6.45) is 15.0. The van der Waals surface area contributed by atoms with Crippen molar-refractivity contribution in [1.29, 1.82) is 0 Å². The Labute approximate surface area is 123 Å². The topological polar surface area (TPSA) is 17.1 Å². The summed E-state index contributed by atoms with van der Waals surface area (Å²) in [6.45, 7) is 5.03. The van der Waals surface area contributed by atoms with Gasteiger partial charge in [-0.3, -0.25) is 4.79 Å². The zero-order chi connectivity index (χ0) is 14.0. The van der Waals surface area contributed by atoms with Crippen LogP contribution in [0, 0.1) is 34.5 Å². The van der Waals surface area contributed by atoms with Gasteiger partial charge < -0.3 is 0 Å². The summed E-state index contributed by atoms with van der Waals surface area (Å²) in [5, 5.41) is 0. The van der Waals surface area contributed by atoms with Crippen molar-refractivity contribution in [3.05, 3.63) is 12.2 Å². The molecule has 0 aromatic carbocycles. The Morgan fingerprint density at radius 3 is 2.75 bits per heavy atom. The van der Waals surface area contributed by atoms with E-state index < -0.39 is 0 Å². The van der Waals surface area contributed by atoms with Crippen LogP contribution in [-0.4, -0.2) is 5.78 Å². The van der Waals surface area contributed by atoms with E-state index in [1.165, 1.54) is 44.9 Å². The number of carbonyl (C=O) groups excluding carboxylic acids is 1. The van der Waals surface area contributed by atoms with Gasteiger partial charge in [-0.1, -0.05) is 26.3 Å². The molecular weight excluding hydrogens is 244 g/mol. The standard InChI is InChI=1S/C19H28O/c1-18-9-3-4-16(18)15-6-5-13-12-14(20)7-11-19(13,2)17(15)8-10-18/h7,11,13,15-17H,3-6,8-10,12H2,1-2H3/t13-,15-,16+,17-,18+,19-/m0/s1. The van der Waals surface area contributed by atoms with E-state index in [1.54, 1.807) is 0 Å². The lowest BCUT2D eigenvalue weighted by atomic mass is 9.46. The summed E-state index contributed by atoms with van der Waals surface area (Å²) >= 11 is 0. The Morgan fingerprint density at radius 1 is 1.05 bits per heavy atom. The van der Waals surface area contributed by atoms with Crippen LogP contribution in [0.5, 0.6) is 0 Å². The van der Waals surface area contributed by atoms with E-state index in [-0.39, 0.29) is 0 Å². The third-order valence-electron chi connectivity index (χ3n) is 7.82. The maximum Gasteiger partial charge on any atom is 0.155 e. The molecule has 6 atom stereocenters. The molecule has 0 spiro atoms. The van der Waals surface area contributed by atoms with Crippen LogP contribution in [0.2, 0.25) is 0 Å². The molecule has 0 radical (unpaired) electrons. The Hall–Kier alpha value is -0.590. The molecule has 20 heavy (non-hydrogen) atoms. The van der Waals surface area contributed by atoms with Crippen molar-refractivity contribution in [2.45, 2.75) is 65.2 Å². The van der Waals surface area contributed by atoms with Gasteiger partial charge in [0.2, 0.25) is 0 Å². The van der Waals surface area contributed by atoms with Crippen LogP contribution in [0.25, 0.3) is 0 Å². The predicted molar refractivity (Wildman–Crippen MR) is 81.3 cm³/mol. The molecule has 0 aromatic heterocycles. The number of ketones is 1. The normalized spacial score (nSPS) is 54.2. The lowest BCUT2D eigenvalue weighted by Gasteiger charge is -2.58. The summed E-state index contributed by atoms with van der Waals surface area (Å²) in [5.41, 5.74) is 0.972. The van der Waals surface area contributed by atoms with Crippen LogP contribution in [0.4, 0.5) is 0 Å². The Morgan fingerprint density at radius 2 is 1.90 bits per heavy atom. The molecule has 0 saturated heterocycles. The lowest BCUT2D eigenvalue weighted by Crippen LogP contribution is -2.51. The highest BCUT2D eigenvalue weighted by atomic mass is 16.1. The van der Waals surface area contributed by atoms with Gasteiger partial charge in [0.15, 0.2) is 5.78 Å². The first-order valence-electron chi connectivity index (χ1n) is 8.75. The molecule has 1 heteroatoms. The van der Waals surface area contributed by atoms with Crippen LogP contribution in [0.1, 0.15) is 65.2 Å². The van der Waals surface area contributed by atoms with Gasteiger partial charge in [-0.15, -0.1) is 0 Å². The van der Waals surface area contributed by atoms with Crippen LogP contribution < -0.4 is 0 Å². The molecule has 0 aromatic rings. The molecule has 0 unspecified atom stereocenters. The monoisotopic (exact) mass is 272 g/mol. The van der Waals surface area contributed by atoms with E-state index in [0.717, 1.165) is 24.2 Å². The summed E-state index contributed by atoms with van der Waals surface area (Å²) in [7, 11) is 0. The number of hydrogen-bond acceptors (Lipinski definition) is 1. The van der Waals surface area contributed by atoms with Crippen LogP contribution in [0.3, 0.4) is 0 Å².